The highest BCUT2D eigenvalue weighted by molar-refractivity contribution is 7.09. The van der Waals surface area contributed by atoms with Gasteiger partial charge in [-0.15, -0.1) is 0 Å². The largest absolute Gasteiger partial charge is 0.508 e. The predicted molar refractivity (Wildman–Crippen MR) is 149 cm³/mol. The summed E-state index contributed by atoms with van der Waals surface area (Å²) >= 11 is 0.729. The zero-order valence-corrected chi connectivity index (χ0v) is 22.1. The van der Waals surface area contributed by atoms with Crippen molar-refractivity contribution in [1.82, 2.24) is 9.69 Å². The van der Waals surface area contributed by atoms with Crippen LogP contribution in [0.3, 0.4) is 0 Å². The van der Waals surface area contributed by atoms with Crippen LogP contribution in [-0.2, 0) is 11.3 Å². The number of benzene rings is 3. The summed E-state index contributed by atoms with van der Waals surface area (Å²) in [5.74, 6) is -1.30. The number of nitrogens with one attached hydrogen (secondary N) is 1. The first-order valence-electron chi connectivity index (χ1n) is 11.8. The average molecular weight is 546 g/mol. The fourth-order valence-electron chi connectivity index (χ4n) is 3.93. The van der Waals surface area contributed by atoms with Gasteiger partial charge in [-0.05, 0) is 66.0 Å². The molecule has 0 bridgehead atoms. The molecule has 6 N–H and O–H groups in total. The Bertz CT molecular complexity index is 1480. The second-order valence-corrected chi connectivity index (χ2v) is 9.48. The molecule has 0 fully saturated rings. The lowest BCUT2D eigenvalue weighted by atomic mass is 10.0. The van der Waals surface area contributed by atoms with Gasteiger partial charge in [0.1, 0.15) is 22.4 Å². The smallest absolute Gasteiger partial charge is 0.273 e. The van der Waals surface area contributed by atoms with Crippen LogP contribution in [0, 0.1) is 6.92 Å². The molecule has 1 aromatic heterocycles. The number of amides is 3. The van der Waals surface area contributed by atoms with E-state index >= 15 is 0 Å². The third-order valence-corrected chi connectivity index (χ3v) is 6.88. The number of phenolic OH excluding ortho intramolecular Hbond substituents is 1. The molecule has 4 rings (SSSR count). The second-order valence-electron chi connectivity index (χ2n) is 8.71. The highest BCUT2D eigenvalue weighted by Gasteiger charge is 2.36. The maximum atomic E-state index is 14.0. The summed E-state index contributed by atoms with van der Waals surface area (Å²) in [4.78, 5) is 40.9. The number of hydrogen-bond donors (Lipinski definition) is 4. The van der Waals surface area contributed by atoms with Crippen molar-refractivity contribution in [2.75, 3.05) is 17.7 Å². The summed E-state index contributed by atoms with van der Waals surface area (Å²) in [7, 11) is 1.57. The molecule has 11 heteroatoms. The number of aromatic nitrogens is 1. The van der Waals surface area contributed by atoms with Gasteiger partial charge >= 0.3 is 0 Å². The molecule has 4 aromatic rings. The Morgan fingerprint density at radius 2 is 1.67 bits per heavy atom. The fraction of sp³-hybridized carbons (Fsp3) is 0.143. The monoisotopic (exact) mass is 545 g/mol. The van der Waals surface area contributed by atoms with Crippen molar-refractivity contribution in [3.8, 4) is 11.5 Å². The summed E-state index contributed by atoms with van der Waals surface area (Å²) < 4.78 is 9.14. The molecule has 1 atom stereocenters. The number of nitrogens with zero attached hydrogens (tertiary/aromatic N) is 2. The number of phenols is 1. The van der Waals surface area contributed by atoms with E-state index in [-0.39, 0.29) is 28.6 Å². The van der Waals surface area contributed by atoms with Crippen molar-refractivity contribution in [2.45, 2.75) is 19.5 Å². The maximum absolute atomic E-state index is 14.0. The van der Waals surface area contributed by atoms with Crippen LogP contribution in [0.15, 0.2) is 72.8 Å². The van der Waals surface area contributed by atoms with Gasteiger partial charge in [0.05, 0.1) is 12.8 Å². The van der Waals surface area contributed by atoms with Gasteiger partial charge in [-0.2, -0.15) is 4.37 Å². The van der Waals surface area contributed by atoms with Gasteiger partial charge in [0.25, 0.3) is 11.8 Å². The van der Waals surface area contributed by atoms with Crippen LogP contribution >= 0.6 is 11.5 Å². The minimum atomic E-state index is -1.17. The lowest BCUT2D eigenvalue weighted by molar-refractivity contribution is -0.122. The molecule has 0 spiro atoms. The third kappa shape index (κ3) is 5.99. The Morgan fingerprint density at radius 1 is 1.03 bits per heavy atom. The van der Waals surface area contributed by atoms with E-state index in [1.54, 1.807) is 43.5 Å². The number of aryl methyl sites for hydroxylation is 1. The number of nitrogens with two attached hydrogens (primary N) is 2. The predicted octanol–water partition coefficient (Wildman–Crippen LogP) is 3.55. The number of carbonyl (C=O) groups is 3. The number of anilines is 2. The lowest BCUT2D eigenvalue weighted by Gasteiger charge is -2.31. The van der Waals surface area contributed by atoms with Crippen molar-refractivity contribution in [3.05, 3.63) is 100 Å². The van der Waals surface area contributed by atoms with Crippen molar-refractivity contribution in [2.24, 2.45) is 5.73 Å². The maximum Gasteiger partial charge on any atom is 0.273 e. The van der Waals surface area contributed by atoms with Gasteiger partial charge in [0, 0.05) is 12.2 Å². The van der Waals surface area contributed by atoms with Gasteiger partial charge in [-0.1, -0.05) is 42.0 Å². The topological polar surface area (TPSA) is 161 Å². The Morgan fingerprint density at radius 3 is 2.23 bits per heavy atom. The zero-order chi connectivity index (χ0) is 28.1. The minimum absolute atomic E-state index is 0.00200. The normalized spacial score (nSPS) is 11.4. The van der Waals surface area contributed by atoms with E-state index in [1.807, 2.05) is 31.2 Å². The van der Waals surface area contributed by atoms with Crippen molar-refractivity contribution in [1.29, 1.82) is 0 Å². The first-order chi connectivity index (χ1) is 18.7. The summed E-state index contributed by atoms with van der Waals surface area (Å²) in [6, 6.07) is 19.1. The Labute approximate surface area is 229 Å². The van der Waals surface area contributed by atoms with Crippen LogP contribution in [0.5, 0.6) is 11.5 Å². The van der Waals surface area contributed by atoms with Crippen molar-refractivity contribution < 1.29 is 24.2 Å². The summed E-state index contributed by atoms with van der Waals surface area (Å²) in [5, 5.41) is 12.8. The number of methoxy groups -OCH3 is 1. The minimum Gasteiger partial charge on any atom is -0.508 e. The molecule has 0 saturated carbocycles. The van der Waals surface area contributed by atoms with E-state index in [0.29, 0.717) is 17.0 Å². The summed E-state index contributed by atoms with van der Waals surface area (Å²) in [6.45, 7) is 2.08. The highest BCUT2D eigenvalue weighted by Crippen LogP contribution is 2.34. The van der Waals surface area contributed by atoms with Gasteiger partial charge in [0.2, 0.25) is 5.91 Å². The fourth-order valence-corrected chi connectivity index (χ4v) is 4.67. The molecule has 0 aliphatic heterocycles. The SMILES string of the molecule is COc1ccc(CNC(=O)[C@H](c2ccc(O)cc2)N(C(=O)c2snc(C(N)=O)c2N)c2ccc(C)cc2)cc1. The van der Waals surface area contributed by atoms with Crippen LogP contribution in [0.25, 0.3) is 0 Å². The number of nitrogen functional groups attached to an aromatic ring is 1. The van der Waals surface area contributed by atoms with E-state index in [0.717, 1.165) is 22.7 Å². The quantitative estimate of drug-likeness (QED) is 0.250. The Hall–Kier alpha value is -4.90. The summed E-state index contributed by atoms with van der Waals surface area (Å²) in [6.07, 6.45) is 0. The number of ether oxygens (including phenoxy) is 1. The van der Waals surface area contributed by atoms with Crippen molar-refractivity contribution in [3.63, 3.8) is 0 Å². The number of carbonyl (C=O) groups excluding carboxylic acids is 3. The molecule has 0 radical (unpaired) electrons. The van der Waals surface area contributed by atoms with Gasteiger partial charge in [0.15, 0.2) is 5.69 Å². The molecule has 3 amide bonds. The molecule has 0 aliphatic rings. The molecule has 1 heterocycles. The number of primary amides is 1. The van der Waals surface area contributed by atoms with Crippen LogP contribution in [0.4, 0.5) is 11.4 Å². The zero-order valence-electron chi connectivity index (χ0n) is 21.3. The average Bonchev–Trinajstić information content (AvgIpc) is 3.33. The first kappa shape index (κ1) is 27.1. The first-order valence-corrected chi connectivity index (χ1v) is 12.6. The molecule has 10 nitrogen and oxygen atoms in total. The lowest BCUT2D eigenvalue weighted by Crippen LogP contribution is -2.44. The Balaban J connectivity index is 1.78. The van der Waals surface area contributed by atoms with Crippen LogP contribution in [0.2, 0.25) is 0 Å². The number of hydrogen-bond acceptors (Lipinski definition) is 8. The molecule has 0 aliphatic carbocycles. The standard InChI is InChI=1S/C28H27N5O5S/c1-16-3-9-19(10-4-16)33(28(37)25-22(29)23(26(30)35)32-39-25)24(18-7-11-20(34)12-8-18)27(36)31-15-17-5-13-21(38-2)14-6-17/h3-14,24,34H,15,29H2,1-2H3,(H2,30,35)(H,31,36)/t24-/m0/s1. The van der Waals surface area contributed by atoms with Crippen LogP contribution in [-0.4, -0.2) is 34.3 Å². The molecular weight excluding hydrogens is 518 g/mol. The number of aromatic hydroxyl groups is 1. The molecular formula is C28H27N5O5S. The molecule has 200 valence electrons. The molecule has 0 unspecified atom stereocenters. The molecule has 3 aromatic carbocycles. The van der Waals surface area contributed by atoms with E-state index in [1.165, 1.54) is 17.0 Å². The molecule has 0 saturated heterocycles. The van der Waals surface area contributed by atoms with Gasteiger partial charge in [-0.25, -0.2) is 0 Å². The van der Waals surface area contributed by atoms with Gasteiger partial charge < -0.3 is 26.6 Å². The van der Waals surface area contributed by atoms with E-state index < -0.39 is 23.8 Å². The summed E-state index contributed by atoms with van der Waals surface area (Å²) in [5.41, 5.74) is 13.7. The second kappa shape index (κ2) is 11.7. The third-order valence-electron chi connectivity index (χ3n) is 6.03. The molecule has 39 heavy (non-hydrogen) atoms. The highest BCUT2D eigenvalue weighted by atomic mass is 32.1. The van der Waals surface area contributed by atoms with Crippen molar-refractivity contribution >= 4 is 40.6 Å². The Kier molecular flexibility index (Phi) is 8.11. The van der Waals surface area contributed by atoms with Gasteiger partial charge in [-0.3, -0.25) is 19.3 Å². The van der Waals surface area contributed by atoms with E-state index in [2.05, 4.69) is 9.69 Å². The number of rotatable bonds is 9. The van der Waals surface area contributed by atoms with E-state index in [4.69, 9.17) is 16.2 Å². The van der Waals surface area contributed by atoms with Crippen LogP contribution < -0.4 is 26.4 Å². The van der Waals surface area contributed by atoms with Crippen LogP contribution in [0.1, 0.15) is 42.9 Å². The van der Waals surface area contributed by atoms with E-state index in [9.17, 15) is 19.5 Å².